The van der Waals surface area contributed by atoms with Gasteiger partial charge in [0.25, 0.3) is 5.91 Å². The number of amides is 1. The molecule has 0 spiro atoms. The number of hydrogen-bond donors (Lipinski definition) is 3. The van der Waals surface area contributed by atoms with E-state index in [-0.39, 0.29) is 5.91 Å². The Hall–Kier alpha value is -4.78. The van der Waals surface area contributed by atoms with Crippen molar-refractivity contribution >= 4 is 45.4 Å². The smallest absolute Gasteiger partial charge is 0.256 e. The van der Waals surface area contributed by atoms with Crippen molar-refractivity contribution in [3.05, 3.63) is 108 Å². The molecule has 4 heterocycles. The number of carbonyl (C=O) groups is 1. The van der Waals surface area contributed by atoms with E-state index in [1.807, 2.05) is 66.9 Å². The standard InChI is InChI=1S/C29H24N6O/c36-29(19-5-3-7-21(17-19)33-26-12-15-31-25-10-2-1-8-22(25)26)35-28-23-9-4-6-20-18-30-14-11-24(20)34-27(23)13-16-32-28/h1-3,5,7-8,10-18,34H,4,6,9H2,(H,31,33)(H,32,35,36). The van der Waals surface area contributed by atoms with Crippen molar-refractivity contribution in [2.75, 3.05) is 16.0 Å². The SMILES string of the molecule is O=C(Nc1nccc2c1CCCc1cnccc1N2)c1cccc(Nc2ccnc3ccccc23)c1. The Labute approximate surface area is 208 Å². The Bertz CT molecular complexity index is 1580. The molecule has 2 aromatic carbocycles. The highest BCUT2D eigenvalue weighted by Crippen LogP contribution is 2.32. The number of anilines is 5. The van der Waals surface area contributed by atoms with Crippen LogP contribution in [0.3, 0.4) is 0 Å². The van der Waals surface area contributed by atoms with Gasteiger partial charge in [0.2, 0.25) is 0 Å². The van der Waals surface area contributed by atoms with E-state index in [9.17, 15) is 4.79 Å². The minimum absolute atomic E-state index is 0.203. The van der Waals surface area contributed by atoms with Gasteiger partial charge in [-0.25, -0.2) is 4.98 Å². The Morgan fingerprint density at radius 3 is 2.72 bits per heavy atom. The van der Waals surface area contributed by atoms with Crippen molar-refractivity contribution in [1.82, 2.24) is 15.0 Å². The minimum Gasteiger partial charge on any atom is -0.355 e. The Balaban J connectivity index is 1.25. The fraction of sp³-hybridized carbons (Fsp3) is 0.103. The first-order chi connectivity index (χ1) is 17.7. The van der Waals surface area contributed by atoms with Crippen LogP contribution in [-0.4, -0.2) is 20.9 Å². The molecule has 1 aliphatic rings. The third-order valence-corrected chi connectivity index (χ3v) is 6.39. The van der Waals surface area contributed by atoms with Crippen molar-refractivity contribution in [1.29, 1.82) is 0 Å². The van der Waals surface area contributed by atoms with Crippen LogP contribution in [0, 0.1) is 0 Å². The number of aromatic nitrogens is 3. The molecular formula is C29H24N6O. The molecule has 7 nitrogen and oxygen atoms in total. The number of hydrogen-bond acceptors (Lipinski definition) is 6. The van der Waals surface area contributed by atoms with Crippen molar-refractivity contribution in [2.45, 2.75) is 19.3 Å². The molecule has 0 atom stereocenters. The van der Waals surface area contributed by atoms with Crippen LogP contribution in [0.1, 0.15) is 27.9 Å². The Morgan fingerprint density at radius 1 is 0.861 bits per heavy atom. The molecule has 3 aromatic heterocycles. The molecule has 1 aliphatic heterocycles. The molecule has 0 radical (unpaired) electrons. The average molecular weight is 473 g/mol. The van der Waals surface area contributed by atoms with Crippen molar-refractivity contribution in [3.63, 3.8) is 0 Å². The molecule has 0 saturated carbocycles. The summed E-state index contributed by atoms with van der Waals surface area (Å²) >= 11 is 0. The van der Waals surface area contributed by atoms with Gasteiger partial charge in [0.15, 0.2) is 0 Å². The number of aryl methyl sites for hydroxylation is 1. The van der Waals surface area contributed by atoms with Gasteiger partial charge in [0, 0.05) is 64.1 Å². The summed E-state index contributed by atoms with van der Waals surface area (Å²) in [6, 6.07) is 21.3. The van der Waals surface area contributed by atoms with Crippen LogP contribution in [0.4, 0.5) is 28.6 Å². The lowest BCUT2D eigenvalue weighted by Gasteiger charge is -2.20. The van der Waals surface area contributed by atoms with Gasteiger partial charge in [-0.15, -0.1) is 0 Å². The van der Waals surface area contributed by atoms with Crippen LogP contribution in [0.5, 0.6) is 0 Å². The molecule has 0 saturated heterocycles. The first-order valence-electron chi connectivity index (χ1n) is 11.9. The monoisotopic (exact) mass is 472 g/mol. The van der Waals surface area contributed by atoms with E-state index in [2.05, 4.69) is 30.9 Å². The van der Waals surface area contributed by atoms with E-state index >= 15 is 0 Å². The van der Waals surface area contributed by atoms with E-state index in [0.717, 1.165) is 58.5 Å². The lowest BCUT2D eigenvalue weighted by Crippen LogP contribution is -2.16. The first kappa shape index (κ1) is 21.7. The molecule has 36 heavy (non-hydrogen) atoms. The summed E-state index contributed by atoms with van der Waals surface area (Å²) in [7, 11) is 0. The molecule has 0 unspecified atom stereocenters. The lowest BCUT2D eigenvalue weighted by atomic mass is 10.00. The predicted molar refractivity (Wildman–Crippen MR) is 143 cm³/mol. The summed E-state index contributed by atoms with van der Waals surface area (Å²) in [4.78, 5) is 26.4. The summed E-state index contributed by atoms with van der Waals surface area (Å²) in [6.07, 6.45) is 9.85. The number of rotatable bonds is 4. The zero-order valence-corrected chi connectivity index (χ0v) is 19.5. The quantitative estimate of drug-likeness (QED) is 0.286. The fourth-order valence-corrected chi connectivity index (χ4v) is 4.60. The fourth-order valence-electron chi connectivity index (χ4n) is 4.60. The predicted octanol–water partition coefficient (Wildman–Crippen LogP) is 6.25. The summed E-state index contributed by atoms with van der Waals surface area (Å²) in [5.41, 5.74) is 7.41. The van der Waals surface area contributed by atoms with Crippen LogP contribution in [0.25, 0.3) is 10.9 Å². The zero-order valence-electron chi connectivity index (χ0n) is 19.5. The van der Waals surface area contributed by atoms with Crippen molar-refractivity contribution in [2.24, 2.45) is 0 Å². The first-order valence-corrected chi connectivity index (χ1v) is 11.9. The van der Waals surface area contributed by atoms with Crippen molar-refractivity contribution < 1.29 is 4.79 Å². The molecule has 0 aliphatic carbocycles. The van der Waals surface area contributed by atoms with Gasteiger partial charge in [-0.2, -0.15) is 0 Å². The van der Waals surface area contributed by atoms with Crippen LogP contribution in [0.2, 0.25) is 0 Å². The molecule has 0 fully saturated rings. The van der Waals surface area contributed by atoms with E-state index < -0.39 is 0 Å². The number of benzene rings is 2. The second-order valence-corrected chi connectivity index (χ2v) is 8.73. The third kappa shape index (κ3) is 4.34. The second-order valence-electron chi connectivity index (χ2n) is 8.73. The third-order valence-electron chi connectivity index (χ3n) is 6.39. The lowest BCUT2D eigenvalue weighted by molar-refractivity contribution is 0.102. The highest BCUT2D eigenvalue weighted by molar-refractivity contribution is 6.05. The van der Waals surface area contributed by atoms with E-state index in [0.29, 0.717) is 11.4 Å². The molecule has 7 heteroatoms. The Morgan fingerprint density at radius 2 is 1.75 bits per heavy atom. The van der Waals surface area contributed by atoms with Crippen molar-refractivity contribution in [3.8, 4) is 0 Å². The molecule has 1 amide bonds. The van der Waals surface area contributed by atoms with Crippen LogP contribution < -0.4 is 16.0 Å². The number of fused-ring (bicyclic) bond motifs is 3. The topological polar surface area (TPSA) is 91.8 Å². The molecule has 0 bridgehead atoms. The van der Waals surface area contributed by atoms with Crippen LogP contribution in [-0.2, 0) is 12.8 Å². The van der Waals surface area contributed by atoms with Gasteiger partial charge in [-0.1, -0.05) is 24.3 Å². The molecule has 5 aromatic rings. The zero-order chi connectivity index (χ0) is 24.3. The van der Waals surface area contributed by atoms with E-state index in [1.165, 1.54) is 5.56 Å². The maximum Gasteiger partial charge on any atom is 0.256 e. The number of nitrogens with one attached hydrogen (secondary N) is 3. The largest absolute Gasteiger partial charge is 0.355 e. The number of nitrogens with zero attached hydrogens (tertiary/aromatic N) is 3. The van der Waals surface area contributed by atoms with Crippen LogP contribution in [0.15, 0.2) is 91.5 Å². The summed E-state index contributed by atoms with van der Waals surface area (Å²) in [5.74, 6) is 0.381. The summed E-state index contributed by atoms with van der Waals surface area (Å²) < 4.78 is 0. The highest BCUT2D eigenvalue weighted by atomic mass is 16.1. The minimum atomic E-state index is -0.203. The molecular weight excluding hydrogens is 448 g/mol. The van der Waals surface area contributed by atoms with E-state index in [1.54, 1.807) is 24.7 Å². The molecule has 6 rings (SSSR count). The second kappa shape index (κ2) is 9.46. The number of para-hydroxylation sites is 1. The van der Waals surface area contributed by atoms with Gasteiger partial charge in [-0.3, -0.25) is 14.8 Å². The number of pyridine rings is 3. The summed E-state index contributed by atoms with van der Waals surface area (Å²) in [5, 5.41) is 11.0. The van der Waals surface area contributed by atoms with Gasteiger partial charge in [-0.05, 0) is 67.3 Å². The highest BCUT2D eigenvalue weighted by Gasteiger charge is 2.17. The van der Waals surface area contributed by atoms with Crippen LogP contribution >= 0.6 is 0 Å². The normalized spacial score (nSPS) is 12.4. The van der Waals surface area contributed by atoms with E-state index in [4.69, 9.17) is 0 Å². The Kier molecular flexibility index (Phi) is 5.71. The maximum absolute atomic E-state index is 13.3. The average Bonchev–Trinajstić information content (AvgIpc) is 2.90. The van der Waals surface area contributed by atoms with Gasteiger partial charge in [0.05, 0.1) is 5.52 Å². The summed E-state index contributed by atoms with van der Waals surface area (Å²) in [6.45, 7) is 0. The van der Waals surface area contributed by atoms with Gasteiger partial charge in [0.1, 0.15) is 5.82 Å². The molecule has 3 N–H and O–H groups in total. The maximum atomic E-state index is 13.3. The van der Waals surface area contributed by atoms with Gasteiger partial charge >= 0.3 is 0 Å². The number of carbonyl (C=O) groups excluding carboxylic acids is 1. The van der Waals surface area contributed by atoms with Gasteiger partial charge < -0.3 is 16.0 Å². The molecule has 176 valence electrons.